The van der Waals surface area contributed by atoms with Crippen molar-refractivity contribution in [3.05, 3.63) is 83.0 Å². The number of para-hydroxylation sites is 1. The number of aromatic nitrogens is 5. The summed E-state index contributed by atoms with van der Waals surface area (Å²) in [5, 5.41) is 9.76. The molecule has 1 saturated carbocycles. The van der Waals surface area contributed by atoms with Gasteiger partial charge < -0.3 is 4.74 Å². The van der Waals surface area contributed by atoms with Crippen molar-refractivity contribution in [1.29, 1.82) is 0 Å². The lowest BCUT2D eigenvalue weighted by atomic mass is 9.85. The van der Waals surface area contributed by atoms with Gasteiger partial charge in [0.25, 0.3) is 0 Å². The Balaban J connectivity index is 1.41. The molecule has 0 aliphatic heterocycles. The zero-order chi connectivity index (χ0) is 26.6. The molecule has 0 radical (unpaired) electrons. The number of aryl methyl sites for hydroxylation is 1. The highest BCUT2D eigenvalue weighted by molar-refractivity contribution is 6.29. The number of carbonyl (C=O) groups excluding carboxylic acids is 1. The van der Waals surface area contributed by atoms with E-state index in [9.17, 15) is 4.79 Å². The Morgan fingerprint density at radius 2 is 2.00 bits per heavy atom. The molecule has 1 aliphatic carbocycles. The fourth-order valence-corrected chi connectivity index (χ4v) is 6.11. The van der Waals surface area contributed by atoms with Crippen LogP contribution in [0.1, 0.15) is 48.4 Å². The van der Waals surface area contributed by atoms with E-state index in [2.05, 4.69) is 17.0 Å². The molecule has 1 aromatic carbocycles. The number of carbonyl (C=O) groups is 1. The summed E-state index contributed by atoms with van der Waals surface area (Å²) >= 11 is 6.24. The van der Waals surface area contributed by atoms with Gasteiger partial charge in [-0.15, -0.1) is 0 Å². The Kier molecular flexibility index (Phi) is 8.05. The lowest BCUT2D eigenvalue weighted by Gasteiger charge is -2.19. The quantitative estimate of drug-likeness (QED) is 0.235. The van der Waals surface area contributed by atoms with Crippen LogP contribution in [0.3, 0.4) is 0 Å². The molecule has 0 saturated heterocycles. The minimum Gasteiger partial charge on any atom is -0.385 e. The number of halogens is 1. The first-order valence-corrected chi connectivity index (χ1v) is 13.6. The van der Waals surface area contributed by atoms with E-state index in [4.69, 9.17) is 21.4 Å². The summed E-state index contributed by atoms with van der Waals surface area (Å²) in [7, 11) is 3.64. The van der Waals surface area contributed by atoms with E-state index >= 15 is 0 Å². The second kappa shape index (κ2) is 11.6. The Bertz CT molecular complexity index is 1400. The third-order valence-corrected chi connectivity index (χ3v) is 7.99. The molecule has 3 heterocycles. The van der Waals surface area contributed by atoms with Gasteiger partial charge in [0.05, 0.1) is 23.3 Å². The molecule has 4 aromatic rings. The molecule has 1 aliphatic rings. The van der Waals surface area contributed by atoms with Crippen molar-refractivity contribution in [3.8, 4) is 16.9 Å². The van der Waals surface area contributed by atoms with E-state index in [0.717, 1.165) is 54.1 Å². The monoisotopic (exact) mass is 531 g/mol. The van der Waals surface area contributed by atoms with Gasteiger partial charge in [0.1, 0.15) is 10.9 Å². The minimum atomic E-state index is 0.227. The van der Waals surface area contributed by atoms with Crippen molar-refractivity contribution in [1.82, 2.24) is 24.5 Å². The largest absolute Gasteiger partial charge is 0.385 e. The fourth-order valence-electron chi connectivity index (χ4n) is 5.93. The van der Waals surface area contributed by atoms with Gasteiger partial charge in [-0.3, -0.25) is 9.48 Å². The van der Waals surface area contributed by atoms with E-state index in [1.54, 1.807) is 18.0 Å². The summed E-state index contributed by atoms with van der Waals surface area (Å²) in [5.41, 5.74) is 5.86. The molecule has 8 heteroatoms. The number of ether oxygens (including phenoxy) is 1. The number of hydrogen-bond donors (Lipinski definition) is 0. The lowest BCUT2D eigenvalue weighted by molar-refractivity contribution is -0.119. The van der Waals surface area contributed by atoms with Crippen LogP contribution < -0.4 is 0 Å². The molecule has 0 amide bonds. The highest BCUT2D eigenvalue weighted by Gasteiger charge is 2.36. The van der Waals surface area contributed by atoms with Gasteiger partial charge in [0.15, 0.2) is 0 Å². The van der Waals surface area contributed by atoms with Gasteiger partial charge in [-0.2, -0.15) is 10.2 Å². The van der Waals surface area contributed by atoms with Gasteiger partial charge in [0, 0.05) is 51.6 Å². The molecule has 38 heavy (non-hydrogen) atoms. The second-order valence-electron chi connectivity index (χ2n) is 10.4. The molecule has 3 atom stereocenters. The van der Waals surface area contributed by atoms with Crippen LogP contribution in [0.4, 0.5) is 0 Å². The van der Waals surface area contributed by atoms with Crippen LogP contribution in [0, 0.1) is 18.8 Å². The summed E-state index contributed by atoms with van der Waals surface area (Å²) in [5.74, 6) is 1.30. The molecular weight excluding hydrogens is 498 g/mol. The maximum atomic E-state index is 13.7. The summed E-state index contributed by atoms with van der Waals surface area (Å²) < 4.78 is 9.05. The first-order chi connectivity index (χ1) is 18.4. The minimum absolute atomic E-state index is 0.227. The molecule has 0 unspecified atom stereocenters. The molecule has 198 valence electrons. The molecule has 7 nitrogen and oxygen atoms in total. The van der Waals surface area contributed by atoms with Gasteiger partial charge in [-0.05, 0) is 79.3 Å². The van der Waals surface area contributed by atoms with Crippen LogP contribution >= 0.6 is 11.6 Å². The van der Waals surface area contributed by atoms with E-state index in [0.29, 0.717) is 23.9 Å². The molecule has 1 fully saturated rings. The predicted molar refractivity (Wildman–Crippen MR) is 149 cm³/mol. The van der Waals surface area contributed by atoms with Gasteiger partial charge in [-0.1, -0.05) is 29.8 Å². The van der Waals surface area contributed by atoms with Crippen LogP contribution in [0.25, 0.3) is 16.9 Å². The molecule has 0 bridgehead atoms. The fraction of sp³-hybridized carbons (Fsp3) is 0.400. The average Bonchev–Trinajstić information content (AvgIpc) is 3.61. The average molecular weight is 532 g/mol. The third-order valence-electron chi connectivity index (χ3n) is 7.78. The van der Waals surface area contributed by atoms with Crippen LogP contribution in [0.2, 0.25) is 5.15 Å². The van der Waals surface area contributed by atoms with E-state index in [1.807, 2.05) is 66.6 Å². The van der Waals surface area contributed by atoms with Crippen LogP contribution in [-0.4, -0.2) is 44.0 Å². The topological polar surface area (TPSA) is 74.8 Å². The van der Waals surface area contributed by atoms with Crippen LogP contribution in [0.5, 0.6) is 0 Å². The first-order valence-electron chi connectivity index (χ1n) is 13.2. The van der Waals surface area contributed by atoms with Crippen molar-refractivity contribution in [2.75, 3.05) is 13.7 Å². The first kappa shape index (κ1) is 26.3. The number of ketones is 1. The smallest absolute Gasteiger partial charge is 0.139 e. The van der Waals surface area contributed by atoms with Crippen molar-refractivity contribution in [2.45, 2.75) is 44.9 Å². The van der Waals surface area contributed by atoms with Gasteiger partial charge in [-0.25, -0.2) is 9.67 Å². The Morgan fingerprint density at radius 1 is 1.18 bits per heavy atom. The SMILES string of the molecule is COCC[C@@H]1C[C@@H](CC(=O)Cc2c(C)c(-c3cnn(C)c3)nn2-c2ccccc2)[C@H](c2ccnc(Cl)c2)C1. The van der Waals surface area contributed by atoms with Gasteiger partial charge in [0.2, 0.25) is 0 Å². The van der Waals surface area contributed by atoms with Crippen molar-refractivity contribution < 1.29 is 9.53 Å². The van der Waals surface area contributed by atoms with Crippen molar-refractivity contribution in [3.63, 3.8) is 0 Å². The number of benzene rings is 1. The predicted octanol–water partition coefficient (Wildman–Crippen LogP) is 5.98. The zero-order valence-electron chi connectivity index (χ0n) is 22.2. The van der Waals surface area contributed by atoms with E-state index < -0.39 is 0 Å². The molecule has 5 rings (SSSR count). The van der Waals surface area contributed by atoms with E-state index in [1.165, 1.54) is 5.56 Å². The molecule has 3 aromatic heterocycles. The number of pyridine rings is 1. The van der Waals surface area contributed by atoms with Crippen molar-refractivity contribution in [2.24, 2.45) is 18.9 Å². The molecule has 0 spiro atoms. The lowest BCUT2D eigenvalue weighted by Crippen LogP contribution is -2.16. The number of methoxy groups -OCH3 is 1. The maximum absolute atomic E-state index is 13.7. The van der Waals surface area contributed by atoms with Gasteiger partial charge >= 0.3 is 0 Å². The molecular formula is C30H34ClN5O2. The van der Waals surface area contributed by atoms with Crippen LogP contribution in [0.15, 0.2) is 61.1 Å². The van der Waals surface area contributed by atoms with Crippen LogP contribution in [-0.2, 0) is 23.0 Å². The standard InChI is InChI=1S/C30H34ClN5O2/c1-20-28(36(25-7-5-4-6-8-25)34-30(20)24-18-33-35(2)19-24)17-26(37)15-23-13-21(10-12-38-3)14-27(23)22-9-11-32-29(31)16-22/h4-9,11,16,18-19,21,23,27H,10,12-15,17H2,1-3H3/t21-,23+,27+/m1/s1. The third kappa shape index (κ3) is 5.74. The number of hydrogen-bond acceptors (Lipinski definition) is 5. The highest BCUT2D eigenvalue weighted by atomic mass is 35.5. The Labute approximate surface area is 228 Å². The number of nitrogens with zero attached hydrogens (tertiary/aromatic N) is 5. The summed E-state index contributed by atoms with van der Waals surface area (Å²) in [6, 6.07) is 14.0. The summed E-state index contributed by atoms with van der Waals surface area (Å²) in [6.07, 6.45) is 9.45. The highest BCUT2D eigenvalue weighted by Crippen LogP contribution is 2.46. The number of Topliss-reactive ketones (excluding diaryl/α,β-unsaturated/α-hetero) is 1. The summed E-state index contributed by atoms with van der Waals surface area (Å²) in [6.45, 7) is 2.79. The Hall–Kier alpha value is -3.29. The molecule has 0 N–H and O–H groups in total. The normalized spacial score (nSPS) is 19.2. The second-order valence-corrected chi connectivity index (χ2v) is 10.8. The Morgan fingerprint density at radius 3 is 2.71 bits per heavy atom. The summed E-state index contributed by atoms with van der Waals surface area (Å²) in [4.78, 5) is 17.9. The number of rotatable bonds is 10. The van der Waals surface area contributed by atoms with E-state index in [-0.39, 0.29) is 17.6 Å². The maximum Gasteiger partial charge on any atom is 0.139 e. The zero-order valence-corrected chi connectivity index (χ0v) is 22.9. The van der Waals surface area contributed by atoms with Crippen molar-refractivity contribution >= 4 is 17.4 Å².